The number of hydrogen-bond acceptors (Lipinski definition) is 5. The largest absolute Gasteiger partial charge is 0.360 e. The van der Waals surface area contributed by atoms with Crippen molar-refractivity contribution >= 4 is 38.2 Å². The number of carbonyl (C=O) groups excluding carboxylic acids is 1. The van der Waals surface area contributed by atoms with Crippen LogP contribution in [0.15, 0.2) is 51.9 Å². The highest BCUT2D eigenvalue weighted by Gasteiger charge is 2.36. The van der Waals surface area contributed by atoms with Crippen LogP contribution in [0.5, 0.6) is 0 Å². The third-order valence-electron chi connectivity index (χ3n) is 3.86. The number of rotatable bonds is 3. The van der Waals surface area contributed by atoms with Crippen molar-refractivity contribution < 1.29 is 17.7 Å². The maximum Gasteiger partial charge on any atom is 0.265 e. The van der Waals surface area contributed by atoms with Crippen LogP contribution in [0.25, 0.3) is 10.8 Å². The van der Waals surface area contributed by atoms with Crippen molar-refractivity contribution in [3.8, 4) is 0 Å². The molecular weight excluding hydrogens is 330 g/mol. The fourth-order valence-corrected chi connectivity index (χ4v) is 4.53. The average Bonchev–Trinajstić information content (AvgIpc) is 3.04. The van der Waals surface area contributed by atoms with Gasteiger partial charge in [-0.2, -0.15) is 0 Å². The number of carbonyl (C=O) groups is 1. The zero-order valence-corrected chi connectivity index (χ0v) is 13.5. The predicted molar refractivity (Wildman–Crippen MR) is 88.3 cm³/mol. The lowest BCUT2D eigenvalue weighted by Gasteiger charge is -2.17. The minimum Gasteiger partial charge on any atom is -0.360 e. The van der Waals surface area contributed by atoms with E-state index in [9.17, 15) is 13.2 Å². The molecule has 0 aliphatic carbocycles. The SMILES string of the molecule is Cc1cc(NC(=O)CN2c3cccc4cccc(c34)S2(=O)=O)no1. The predicted octanol–water partition coefficient (Wildman–Crippen LogP) is 2.28. The molecule has 1 amide bonds. The second kappa shape index (κ2) is 5.07. The molecule has 1 aliphatic rings. The van der Waals surface area contributed by atoms with Crippen molar-refractivity contribution in [2.45, 2.75) is 11.8 Å². The third-order valence-corrected chi connectivity index (χ3v) is 5.67. The molecule has 24 heavy (non-hydrogen) atoms. The Hall–Kier alpha value is -2.87. The number of nitrogens with one attached hydrogen (secondary N) is 1. The molecule has 8 heteroatoms. The molecule has 0 unspecified atom stereocenters. The fraction of sp³-hybridized carbons (Fsp3) is 0.125. The van der Waals surface area contributed by atoms with Crippen molar-refractivity contribution in [3.63, 3.8) is 0 Å². The van der Waals surface area contributed by atoms with Gasteiger partial charge in [0.25, 0.3) is 10.0 Å². The van der Waals surface area contributed by atoms with E-state index in [1.165, 1.54) is 0 Å². The Morgan fingerprint density at radius 1 is 1.25 bits per heavy atom. The summed E-state index contributed by atoms with van der Waals surface area (Å²) in [6.07, 6.45) is 0. The molecule has 0 saturated heterocycles. The Kier molecular flexibility index (Phi) is 3.10. The average molecular weight is 343 g/mol. The van der Waals surface area contributed by atoms with Gasteiger partial charge in [-0.05, 0) is 24.4 Å². The summed E-state index contributed by atoms with van der Waals surface area (Å²) in [4.78, 5) is 12.5. The number of amides is 1. The van der Waals surface area contributed by atoms with E-state index in [-0.39, 0.29) is 17.3 Å². The van der Waals surface area contributed by atoms with Crippen molar-refractivity contribution in [1.29, 1.82) is 0 Å². The summed E-state index contributed by atoms with van der Waals surface area (Å²) in [7, 11) is -3.75. The standard InChI is InChI=1S/C16H13N3O4S/c1-10-8-14(18-23-10)17-15(20)9-19-12-6-2-4-11-5-3-7-13(16(11)12)24(19,21)22/h2-8H,9H2,1H3,(H,17,18,20). The fourth-order valence-electron chi connectivity index (χ4n) is 2.87. The maximum absolute atomic E-state index is 12.8. The first-order valence-corrected chi connectivity index (χ1v) is 8.68. The molecule has 2 aromatic carbocycles. The summed E-state index contributed by atoms with van der Waals surface area (Å²) in [6, 6.07) is 12.0. The van der Waals surface area contributed by atoms with E-state index >= 15 is 0 Å². The second-order valence-electron chi connectivity index (χ2n) is 5.51. The molecule has 0 spiro atoms. The number of anilines is 2. The smallest absolute Gasteiger partial charge is 0.265 e. The number of nitrogens with zero attached hydrogens (tertiary/aromatic N) is 2. The first-order chi connectivity index (χ1) is 11.5. The Balaban J connectivity index is 1.69. The van der Waals surface area contributed by atoms with Crippen molar-refractivity contribution in [3.05, 3.63) is 48.2 Å². The second-order valence-corrected chi connectivity index (χ2v) is 7.34. The zero-order chi connectivity index (χ0) is 16.9. The molecule has 0 radical (unpaired) electrons. The van der Waals surface area contributed by atoms with Crippen LogP contribution in [-0.2, 0) is 14.8 Å². The third kappa shape index (κ3) is 2.15. The van der Waals surface area contributed by atoms with Gasteiger partial charge in [0.05, 0.1) is 10.6 Å². The van der Waals surface area contributed by atoms with Crippen LogP contribution in [0.4, 0.5) is 11.5 Å². The van der Waals surface area contributed by atoms with E-state index in [2.05, 4.69) is 10.5 Å². The van der Waals surface area contributed by atoms with Crippen LogP contribution >= 0.6 is 0 Å². The first kappa shape index (κ1) is 14.7. The van der Waals surface area contributed by atoms with Crippen LogP contribution in [0.1, 0.15) is 5.76 Å². The number of hydrogen-bond donors (Lipinski definition) is 1. The molecule has 1 aromatic heterocycles. The summed E-state index contributed by atoms with van der Waals surface area (Å²) >= 11 is 0. The Morgan fingerprint density at radius 3 is 2.71 bits per heavy atom. The maximum atomic E-state index is 12.8. The van der Waals surface area contributed by atoms with E-state index in [4.69, 9.17) is 4.52 Å². The molecule has 0 fully saturated rings. The molecule has 1 N–H and O–H groups in total. The molecule has 0 bridgehead atoms. The molecule has 0 atom stereocenters. The normalized spacial score (nSPS) is 15.0. The highest BCUT2D eigenvalue weighted by molar-refractivity contribution is 7.93. The summed E-state index contributed by atoms with van der Waals surface area (Å²) < 4.78 is 31.5. The van der Waals surface area contributed by atoms with Gasteiger partial charge in [0.15, 0.2) is 5.82 Å². The molecular formula is C16H13N3O4S. The molecule has 7 nitrogen and oxygen atoms in total. The molecule has 0 saturated carbocycles. The van der Waals surface area contributed by atoms with Crippen molar-refractivity contribution in [2.24, 2.45) is 0 Å². The van der Waals surface area contributed by atoms with Gasteiger partial charge in [-0.15, -0.1) is 0 Å². The van der Waals surface area contributed by atoms with Crippen LogP contribution in [-0.4, -0.2) is 26.0 Å². The highest BCUT2D eigenvalue weighted by Crippen LogP contribution is 2.41. The van der Waals surface area contributed by atoms with Gasteiger partial charge in [0.1, 0.15) is 12.3 Å². The van der Waals surface area contributed by atoms with E-state index < -0.39 is 15.9 Å². The number of sulfonamides is 1. The van der Waals surface area contributed by atoms with Crippen LogP contribution in [0.2, 0.25) is 0 Å². The summed E-state index contributed by atoms with van der Waals surface area (Å²) in [6.45, 7) is 1.37. The topological polar surface area (TPSA) is 92.5 Å². The summed E-state index contributed by atoms with van der Waals surface area (Å²) in [5, 5.41) is 7.67. The summed E-state index contributed by atoms with van der Waals surface area (Å²) in [5.41, 5.74) is 0.509. The van der Waals surface area contributed by atoms with Gasteiger partial charge >= 0.3 is 0 Å². The monoisotopic (exact) mass is 343 g/mol. The molecule has 122 valence electrons. The molecule has 4 rings (SSSR count). The number of benzene rings is 2. The van der Waals surface area contributed by atoms with Crippen LogP contribution in [0.3, 0.4) is 0 Å². The lowest BCUT2D eigenvalue weighted by molar-refractivity contribution is -0.114. The Bertz CT molecular complexity index is 1070. The number of aromatic nitrogens is 1. The van der Waals surface area contributed by atoms with E-state index in [0.717, 1.165) is 9.69 Å². The Labute approximate surface area is 137 Å². The van der Waals surface area contributed by atoms with E-state index in [1.54, 1.807) is 37.3 Å². The van der Waals surface area contributed by atoms with Crippen LogP contribution in [0, 0.1) is 6.92 Å². The highest BCUT2D eigenvalue weighted by atomic mass is 32.2. The molecule has 1 aliphatic heterocycles. The Morgan fingerprint density at radius 2 is 2.00 bits per heavy atom. The van der Waals surface area contributed by atoms with Crippen molar-refractivity contribution in [2.75, 3.05) is 16.2 Å². The zero-order valence-electron chi connectivity index (χ0n) is 12.7. The van der Waals surface area contributed by atoms with Gasteiger partial charge < -0.3 is 9.84 Å². The summed E-state index contributed by atoms with van der Waals surface area (Å²) in [5.74, 6) is 0.317. The minimum absolute atomic E-state index is 0.223. The van der Waals surface area contributed by atoms with Gasteiger partial charge in [-0.25, -0.2) is 8.42 Å². The number of aryl methyl sites for hydroxylation is 1. The van der Waals surface area contributed by atoms with E-state index in [1.807, 2.05) is 12.1 Å². The first-order valence-electron chi connectivity index (χ1n) is 7.24. The van der Waals surface area contributed by atoms with E-state index in [0.29, 0.717) is 16.8 Å². The van der Waals surface area contributed by atoms with Crippen molar-refractivity contribution in [1.82, 2.24) is 5.16 Å². The van der Waals surface area contributed by atoms with Gasteiger partial charge in [-0.3, -0.25) is 9.10 Å². The van der Waals surface area contributed by atoms with Crippen LogP contribution < -0.4 is 9.62 Å². The quantitative estimate of drug-likeness (QED) is 0.787. The van der Waals surface area contributed by atoms with Gasteiger partial charge in [0, 0.05) is 11.5 Å². The van der Waals surface area contributed by atoms with Gasteiger partial charge in [0.2, 0.25) is 5.91 Å². The van der Waals surface area contributed by atoms with Gasteiger partial charge in [-0.1, -0.05) is 29.4 Å². The molecule has 2 heterocycles. The molecule has 3 aromatic rings. The minimum atomic E-state index is -3.75. The lowest BCUT2D eigenvalue weighted by atomic mass is 10.1. The lowest BCUT2D eigenvalue weighted by Crippen LogP contribution is -2.35.